The van der Waals surface area contributed by atoms with E-state index in [1.54, 1.807) is 19.1 Å². The molecule has 1 saturated heterocycles. The number of hydrogen-bond acceptors (Lipinski definition) is 5. The number of nitrogens with two attached hydrogens (primary N) is 1. The van der Waals surface area contributed by atoms with Crippen molar-refractivity contribution in [1.82, 2.24) is 4.72 Å². The summed E-state index contributed by atoms with van der Waals surface area (Å²) in [4.78, 5) is 0.168. The summed E-state index contributed by atoms with van der Waals surface area (Å²) in [6.45, 7) is 3.43. The predicted octanol–water partition coefficient (Wildman–Crippen LogP) is 0.271. The fourth-order valence-corrected chi connectivity index (χ4v) is 3.08. The van der Waals surface area contributed by atoms with Crippen molar-refractivity contribution in [1.29, 1.82) is 0 Å². The van der Waals surface area contributed by atoms with Gasteiger partial charge in [-0.1, -0.05) is 0 Å². The number of sulfonamides is 1. The number of rotatable bonds is 4. The highest BCUT2D eigenvalue weighted by Gasteiger charge is 2.20. The molecule has 6 nitrogen and oxygen atoms in total. The molecule has 1 aliphatic rings. The molecule has 1 aromatic rings. The Morgan fingerprint density at radius 3 is 2.79 bits per heavy atom. The van der Waals surface area contributed by atoms with Crippen LogP contribution in [0.3, 0.4) is 0 Å². The van der Waals surface area contributed by atoms with E-state index < -0.39 is 10.0 Å². The second kappa shape index (κ2) is 5.87. The van der Waals surface area contributed by atoms with Crippen LogP contribution in [0.25, 0.3) is 0 Å². The maximum absolute atomic E-state index is 12.1. The zero-order chi connectivity index (χ0) is 13.9. The summed E-state index contributed by atoms with van der Waals surface area (Å²) >= 11 is 0. The Morgan fingerprint density at radius 1 is 1.37 bits per heavy atom. The molecule has 7 heteroatoms. The molecular formula is C12H18N2O4S. The van der Waals surface area contributed by atoms with Gasteiger partial charge in [-0.2, -0.15) is 0 Å². The van der Waals surface area contributed by atoms with Gasteiger partial charge in [0.25, 0.3) is 0 Å². The van der Waals surface area contributed by atoms with Crippen LogP contribution in [0.15, 0.2) is 23.1 Å². The van der Waals surface area contributed by atoms with Gasteiger partial charge in [-0.15, -0.1) is 0 Å². The van der Waals surface area contributed by atoms with E-state index in [1.807, 2.05) is 0 Å². The molecule has 19 heavy (non-hydrogen) atoms. The predicted molar refractivity (Wildman–Crippen MR) is 71.3 cm³/mol. The number of anilines is 1. The highest BCUT2D eigenvalue weighted by atomic mass is 32.2. The van der Waals surface area contributed by atoms with Crippen LogP contribution < -0.4 is 10.5 Å². The minimum absolute atomic E-state index is 0.168. The molecule has 1 aromatic carbocycles. The maximum Gasteiger partial charge on any atom is 0.240 e. The Labute approximate surface area is 112 Å². The standard InChI is InChI=1S/C12H18N2O4S/c1-9-4-10(13)6-12(5-9)19(15,16)14-7-11-8-17-2-3-18-11/h4-6,11,14H,2-3,7-8,13H2,1H3. The van der Waals surface area contributed by atoms with Crippen molar-refractivity contribution < 1.29 is 17.9 Å². The van der Waals surface area contributed by atoms with E-state index in [2.05, 4.69) is 4.72 Å². The summed E-state index contributed by atoms with van der Waals surface area (Å²) in [6.07, 6.45) is -0.245. The molecule has 0 spiro atoms. The van der Waals surface area contributed by atoms with Crippen LogP contribution in [0.2, 0.25) is 0 Å². The van der Waals surface area contributed by atoms with Gasteiger partial charge < -0.3 is 15.2 Å². The van der Waals surface area contributed by atoms with E-state index in [0.717, 1.165) is 5.56 Å². The van der Waals surface area contributed by atoms with E-state index >= 15 is 0 Å². The van der Waals surface area contributed by atoms with Crippen molar-refractivity contribution in [3.8, 4) is 0 Å². The van der Waals surface area contributed by atoms with Crippen molar-refractivity contribution in [2.45, 2.75) is 17.9 Å². The molecular weight excluding hydrogens is 268 g/mol. The summed E-state index contributed by atoms with van der Waals surface area (Å²) in [7, 11) is -3.57. The molecule has 0 radical (unpaired) electrons. The minimum Gasteiger partial charge on any atom is -0.399 e. The Kier molecular flexibility index (Phi) is 4.41. The smallest absolute Gasteiger partial charge is 0.240 e. The van der Waals surface area contributed by atoms with Gasteiger partial charge in [-0.25, -0.2) is 13.1 Å². The van der Waals surface area contributed by atoms with Gasteiger partial charge in [0, 0.05) is 12.2 Å². The molecule has 0 bridgehead atoms. The maximum atomic E-state index is 12.1. The lowest BCUT2D eigenvalue weighted by molar-refractivity contribution is -0.0846. The van der Waals surface area contributed by atoms with Crippen LogP contribution in [0.4, 0.5) is 5.69 Å². The molecule has 1 aliphatic heterocycles. The van der Waals surface area contributed by atoms with E-state index in [0.29, 0.717) is 25.5 Å². The van der Waals surface area contributed by atoms with Crippen molar-refractivity contribution in [3.63, 3.8) is 0 Å². The van der Waals surface area contributed by atoms with Crippen LogP contribution in [-0.2, 0) is 19.5 Å². The third-order valence-corrected chi connectivity index (χ3v) is 4.17. The van der Waals surface area contributed by atoms with E-state index in [1.165, 1.54) is 6.07 Å². The van der Waals surface area contributed by atoms with Crippen LogP contribution in [0.1, 0.15) is 5.56 Å². The van der Waals surface area contributed by atoms with Gasteiger partial charge in [0.05, 0.1) is 30.8 Å². The Hall–Kier alpha value is -1.15. The quantitative estimate of drug-likeness (QED) is 0.775. The molecule has 0 amide bonds. The first kappa shape index (κ1) is 14.3. The summed E-state index contributed by atoms with van der Waals surface area (Å²) in [5.74, 6) is 0. The van der Waals surface area contributed by atoms with Gasteiger partial charge in [0.15, 0.2) is 0 Å². The molecule has 1 heterocycles. The first-order chi connectivity index (χ1) is 8.97. The van der Waals surface area contributed by atoms with Gasteiger partial charge in [0.2, 0.25) is 10.0 Å². The average molecular weight is 286 g/mol. The normalized spacial score (nSPS) is 20.4. The van der Waals surface area contributed by atoms with Crippen molar-refractivity contribution in [2.24, 2.45) is 0 Å². The molecule has 1 unspecified atom stereocenters. The topological polar surface area (TPSA) is 90.7 Å². The minimum atomic E-state index is -3.57. The number of nitrogen functional groups attached to an aromatic ring is 1. The highest BCUT2D eigenvalue weighted by Crippen LogP contribution is 2.16. The zero-order valence-corrected chi connectivity index (χ0v) is 11.6. The summed E-state index contributed by atoms with van der Waals surface area (Å²) in [5.41, 5.74) is 6.89. The number of benzene rings is 1. The fraction of sp³-hybridized carbons (Fsp3) is 0.500. The molecule has 0 aliphatic carbocycles. The van der Waals surface area contributed by atoms with Crippen molar-refractivity contribution in [2.75, 3.05) is 32.1 Å². The SMILES string of the molecule is Cc1cc(N)cc(S(=O)(=O)NCC2COCCO2)c1. The number of ether oxygens (including phenoxy) is 2. The third-order valence-electron chi connectivity index (χ3n) is 2.77. The van der Waals surface area contributed by atoms with Crippen molar-refractivity contribution >= 4 is 15.7 Å². The lowest BCUT2D eigenvalue weighted by atomic mass is 10.2. The number of nitrogens with one attached hydrogen (secondary N) is 1. The lowest BCUT2D eigenvalue weighted by Gasteiger charge is -2.23. The van der Waals surface area contributed by atoms with Gasteiger partial charge in [0.1, 0.15) is 0 Å². The van der Waals surface area contributed by atoms with Crippen LogP contribution in [0, 0.1) is 6.92 Å². The molecule has 2 rings (SSSR count). The van der Waals surface area contributed by atoms with Gasteiger partial charge in [-0.3, -0.25) is 0 Å². The molecule has 106 valence electrons. The molecule has 0 saturated carbocycles. The monoisotopic (exact) mass is 286 g/mol. The van der Waals surface area contributed by atoms with Crippen LogP contribution in [0.5, 0.6) is 0 Å². The van der Waals surface area contributed by atoms with E-state index in [4.69, 9.17) is 15.2 Å². The summed E-state index contributed by atoms with van der Waals surface area (Å²) in [5, 5.41) is 0. The van der Waals surface area contributed by atoms with Gasteiger partial charge >= 0.3 is 0 Å². The first-order valence-electron chi connectivity index (χ1n) is 6.03. The Morgan fingerprint density at radius 2 is 2.16 bits per heavy atom. The van der Waals surface area contributed by atoms with Gasteiger partial charge in [-0.05, 0) is 30.7 Å². The van der Waals surface area contributed by atoms with Crippen LogP contribution in [-0.4, -0.2) is 40.9 Å². The lowest BCUT2D eigenvalue weighted by Crippen LogP contribution is -2.39. The highest BCUT2D eigenvalue weighted by molar-refractivity contribution is 7.89. The first-order valence-corrected chi connectivity index (χ1v) is 7.52. The van der Waals surface area contributed by atoms with E-state index in [-0.39, 0.29) is 17.5 Å². The van der Waals surface area contributed by atoms with Crippen molar-refractivity contribution in [3.05, 3.63) is 23.8 Å². The number of aryl methyl sites for hydroxylation is 1. The second-order valence-corrected chi connectivity index (χ2v) is 6.27. The molecule has 0 aromatic heterocycles. The zero-order valence-electron chi connectivity index (χ0n) is 10.8. The molecule has 1 atom stereocenters. The number of hydrogen-bond donors (Lipinski definition) is 2. The van der Waals surface area contributed by atoms with Crippen LogP contribution >= 0.6 is 0 Å². The summed E-state index contributed by atoms with van der Waals surface area (Å²) < 4.78 is 37.3. The molecule has 1 fully saturated rings. The summed E-state index contributed by atoms with van der Waals surface area (Å²) in [6, 6.07) is 4.74. The Balaban J connectivity index is 2.04. The van der Waals surface area contributed by atoms with E-state index in [9.17, 15) is 8.42 Å². The average Bonchev–Trinajstić information content (AvgIpc) is 2.37. The third kappa shape index (κ3) is 3.90. The second-order valence-electron chi connectivity index (χ2n) is 4.50. The largest absolute Gasteiger partial charge is 0.399 e. The molecule has 3 N–H and O–H groups in total. The fourth-order valence-electron chi connectivity index (χ4n) is 1.87. The Bertz CT molecular complexity index is 518.